The minimum Gasteiger partial charge on any atom is -0.493 e. The van der Waals surface area contributed by atoms with E-state index in [0.29, 0.717) is 37.0 Å². The monoisotopic (exact) mass is 658 g/mol. The quantitative estimate of drug-likeness (QED) is 0.210. The van der Waals surface area contributed by atoms with Crippen LogP contribution in [0.2, 0.25) is 0 Å². The second kappa shape index (κ2) is 13.0. The average molecular weight is 659 g/mol. The SMILES string of the molecule is COc1cc(/C=C2\SC(=O)N(CCOc3ccc(C)cc3)C2=O)cc(I)c1OCC(=O)Nc1cccc(C)c1. The van der Waals surface area contributed by atoms with E-state index in [-0.39, 0.29) is 36.8 Å². The van der Waals surface area contributed by atoms with Crippen LogP contribution in [0.25, 0.3) is 6.08 Å². The maximum atomic E-state index is 12.9. The van der Waals surface area contributed by atoms with Gasteiger partial charge in [-0.25, -0.2) is 0 Å². The summed E-state index contributed by atoms with van der Waals surface area (Å²) in [7, 11) is 1.50. The highest BCUT2D eigenvalue weighted by Gasteiger charge is 2.35. The number of hydrogen-bond donors (Lipinski definition) is 1. The second-order valence-electron chi connectivity index (χ2n) is 8.74. The molecular formula is C29H27IN2O6S. The Labute approximate surface area is 244 Å². The lowest BCUT2D eigenvalue weighted by Gasteiger charge is -2.14. The Hall–Kier alpha value is -3.51. The molecule has 8 nitrogen and oxygen atoms in total. The van der Waals surface area contributed by atoms with E-state index in [1.807, 2.05) is 62.4 Å². The summed E-state index contributed by atoms with van der Waals surface area (Å²) in [5.74, 6) is 0.820. The molecule has 0 atom stereocenters. The van der Waals surface area contributed by atoms with Crippen molar-refractivity contribution in [2.75, 3.05) is 32.2 Å². The summed E-state index contributed by atoms with van der Waals surface area (Å²) < 4.78 is 17.6. The van der Waals surface area contributed by atoms with Crippen LogP contribution in [-0.4, -0.2) is 48.8 Å². The van der Waals surface area contributed by atoms with E-state index in [9.17, 15) is 14.4 Å². The molecule has 0 spiro atoms. The molecular weight excluding hydrogens is 631 g/mol. The van der Waals surface area contributed by atoms with Crippen LogP contribution in [0.5, 0.6) is 17.2 Å². The Bertz CT molecular complexity index is 1420. The number of ether oxygens (including phenoxy) is 3. The standard InChI is InChI=1S/C29H27IN2O6S/c1-18-7-9-22(10-8-18)37-12-11-32-28(34)25(39-29(32)35)16-20-14-23(30)27(24(15-20)36-3)38-17-26(33)31-21-6-4-5-19(2)13-21/h4-10,13-16H,11-12,17H2,1-3H3,(H,31,33)/b25-16-. The van der Waals surface area contributed by atoms with Gasteiger partial charge in [-0.2, -0.15) is 0 Å². The fraction of sp³-hybridized carbons (Fsp3) is 0.207. The fourth-order valence-electron chi connectivity index (χ4n) is 3.75. The molecule has 1 aliphatic heterocycles. The molecule has 1 saturated heterocycles. The Morgan fingerprint density at radius 2 is 1.79 bits per heavy atom. The summed E-state index contributed by atoms with van der Waals surface area (Å²) in [6.45, 7) is 4.07. The molecule has 3 amide bonds. The molecule has 0 aromatic heterocycles. The summed E-state index contributed by atoms with van der Waals surface area (Å²) in [4.78, 5) is 39.3. The van der Waals surface area contributed by atoms with Crippen LogP contribution in [0, 0.1) is 17.4 Å². The second-order valence-corrected chi connectivity index (χ2v) is 10.9. The van der Waals surface area contributed by atoms with E-state index in [1.54, 1.807) is 18.2 Å². The van der Waals surface area contributed by atoms with E-state index in [0.717, 1.165) is 22.9 Å². The molecule has 1 heterocycles. The number of carbonyl (C=O) groups excluding carboxylic acids is 3. The number of anilines is 1. The van der Waals surface area contributed by atoms with Crippen LogP contribution in [-0.2, 0) is 9.59 Å². The maximum Gasteiger partial charge on any atom is 0.293 e. The lowest BCUT2D eigenvalue weighted by Crippen LogP contribution is -2.32. The summed E-state index contributed by atoms with van der Waals surface area (Å²) in [6, 6.07) is 18.6. The van der Waals surface area contributed by atoms with Crippen molar-refractivity contribution in [1.29, 1.82) is 0 Å². The highest BCUT2D eigenvalue weighted by Crippen LogP contribution is 2.37. The van der Waals surface area contributed by atoms with Crippen LogP contribution in [0.15, 0.2) is 65.6 Å². The first-order valence-corrected chi connectivity index (χ1v) is 13.9. The van der Waals surface area contributed by atoms with E-state index < -0.39 is 0 Å². The Kier molecular flexibility index (Phi) is 9.52. The van der Waals surface area contributed by atoms with Crippen molar-refractivity contribution >= 4 is 63.2 Å². The molecule has 39 heavy (non-hydrogen) atoms. The van der Waals surface area contributed by atoms with Gasteiger partial charge in [-0.15, -0.1) is 0 Å². The van der Waals surface area contributed by atoms with Gasteiger partial charge in [0.25, 0.3) is 17.1 Å². The van der Waals surface area contributed by atoms with E-state index in [4.69, 9.17) is 14.2 Å². The molecule has 0 unspecified atom stereocenters. The van der Waals surface area contributed by atoms with Gasteiger partial charge in [0.2, 0.25) is 0 Å². The zero-order valence-electron chi connectivity index (χ0n) is 21.7. The predicted molar refractivity (Wildman–Crippen MR) is 160 cm³/mol. The van der Waals surface area contributed by atoms with Gasteiger partial charge in [0.15, 0.2) is 18.1 Å². The third-order valence-electron chi connectivity index (χ3n) is 5.68. The number of imide groups is 1. The predicted octanol–water partition coefficient (Wildman–Crippen LogP) is 6.05. The summed E-state index contributed by atoms with van der Waals surface area (Å²) in [5.41, 5.74) is 3.51. The number of nitrogens with one attached hydrogen (secondary N) is 1. The summed E-state index contributed by atoms with van der Waals surface area (Å²) >= 11 is 2.96. The molecule has 10 heteroatoms. The minimum absolute atomic E-state index is 0.147. The largest absolute Gasteiger partial charge is 0.493 e. The van der Waals surface area contributed by atoms with E-state index in [2.05, 4.69) is 27.9 Å². The smallest absolute Gasteiger partial charge is 0.293 e. The van der Waals surface area contributed by atoms with Gasteiger partial charge in [0, 0.05) is 5.69 Å². The van der Waals surface area contributed by atoms with Gasteiger partial charge in [0.1, 0.15) is 12.4 Å². The Morgan fingerprint density at radius 1 is 1.03 bits per heavy atom. The molecule has 0 saturated carbocycles. The first kappa shape index (κ1) is 28.5. The molecule has 202 valence electrons. The van der Waals surface area contributed by atoms with E-state index in [1.165, 1.54) is 12.0 Å². The van der Waals surface area contributed by atoms with Gasteiger partial charge >= 0.3 is 0 Å². The van der Waals surface area contributed by atoms with Crippen molar-refractivity contribution in [2.45, 2.75) is 13.8 Å². The zero-order valence-corrected chi connectivity index (χ0v) is 24.6. The normalized spacial score (nSPS) is 14.1. The third-order valence-corrected chi connectivity index (χ3v) is 7.39. The number of aryl methyl sites for hydroxylation is 2. The Balaban J connectivity index is 1.39. The first-order chi connectivity index (χ1) is 18.7. The molecule has 0 bridgehead atoms. The van der Waals surface area contributed by atoms with Crippen molar-refractivity contribution in [3.63, 3.8) is 0 Å². The number of thioether (sulfide) groups is 1. The molecule has 1 aliphatic rings. The van der Waals surface area contributed by atoms with Crippen LogP contribution in [0.4, 0.5) is 10.5 Å². The summed E-state index contributed by atoms with van der Waals surface area (Å²) in [6.07, 6.45) is 1.64. The molecule has 0 aliphatic carbocycles. The fourth-order valence-corrected chi connectivity index (χ4v) is 5.40. The maximum absolute atomic E-state index is 12.9. The topological polar surface area (TPSA) is 94.2 Å². The van der Waals surface area contributed by atoms with Crippen molar-refractivity contribution in [3.05, 3.63) is 85.8 Å². The number of halogens is 1. The Morgan fingerprint density at radius 3 is 2.51 bits per heavy atom. The van der Waals surface area contributed by atoms with Gasteiger partial charge in [-0.1, -0.05) is 29.8 Å². The summed E-state index contributed by atoms with van der Waals surface area (Å²) in [5, 5.41) is 2.46. The van der Waals surface area contributed by atoms with Crippen LogP contribution >= 0.6 is 34.4 Å². The number of methoxy groups -OCH3 is 1. The van der Waals surface area contributed by atoms with Gasteiger partial charge in [-0.05, 0) is 102 Å². The van der Waals surface area contributed by atoms with E-state index >= 15 is 0 Å². The van der Waals surface area contributed by atoms with Crippen molar-refractivity contribution in [1.82, 2.24) is 4.90 Å². The number of hydrogen-bond acceptors (Lipinski definition) is 7. The van der Waals surface area contributed by atoms with Gasteiger partial charge in [-0.3, -0.25) is 19.3 Å². The van der Waals surface area contributed by atoms with Gasteiger partial charge in [0.05, 0.1) is 22.1 Å². The third kappa shape index (κ3) is 7.54. The highest BCUT2D eigenvalue weighted by atomic mass is 127. The molecule has 3 aromatic rings. The van der Waals surface area contributed by atoms with Crippen molar-refractivity contribution < 1.29 is 28.6 Å². The van der Waals surface area contributed by atoms with Crippen molar-refractivity contribution in [3.8, 4) is 17.2 Å². The lowest BCUT2D eigenvalue weighted by molar-refractivity contribution is -0.123. The lowest BCUT2D eigenvalue weighted by atomic mass is 10.2. The number of rotatable bonds is 10. The van der Waals surface area contributed by atoms with Gasteiger partial charge < -0.3 is 19.5 Å². The average Bonchev–Trinajstić information content (AvgIpc) is 3.16. The minimum atomic E-state index is -0.375. The molecule has 3 aromatic carbocycles. The number of carbonyl (C=O) groups is 3. The zero-order chi connectivity index (χ0) is 27.9. The molecule has 4 rings (SSSR count). The van der Waals surface area contributed by atoms with Crippen LogP contribution in [0.3, 0.4) is 0 Å². The molecule has 1 N–H and O–H groups in total. The molecule has 1 fully saturated rings. The highest BCUT2D eigenvalue weighted by molar-refractivity contribution is 14.1. The number of nitrogens with zero attached hydrogens (tertiary/aromatic N) is 1. The number of amides is 3. The first-order valence-electron chi connectivity index (χ1n) is 12.0. The number of benzene rings is 3. The van der Waals surface area contributed by atoms with Crippen molar-refractivity contribution in [2.24, 2.45) is 0 Å². The van der Waals surface area contributed by atoms with Crippen LogP contribution in [0.1, 0.15) is 16.7 Å². The molecule has 0 radical (unpaired) electrons. The van der Waals surface area contributed by atoms with Crippen LogP contribution < -0.4 is 19.5 Å².